The third kappa shape index (κ3) is 3.13. The van der Waals surface area contributed by atoms with Crippen LogP contribution in [0.25, 0.3) is 16.9 Å². The number of carbonyl (C=O) groups excluding carboxylic acids is 1. The molecule has 9 heteroatoms. The van der Waals surface area contributed by atoms with E-state index in [-0.39, 0.29) is 29.4 Å². The molecule has 9 nitrogen and oxygen atoms in total. The smallest absolute Gasteiger partial charge is 0.294 e. The van der Waals surface area contributed by atoms with Crippen molar-refractivity contribution in [1.82, 2.24) is 29.2 Å². The number of nitrogens with zero attached hydrogens (tertiary/aromatic N) is 4. The molecule has 2 N–H and O–H groups in total. The van der Waals surface area contributed by atoms with Crippen molar-refractivity contribution in [3.8, 4) is 17.0 Å². The van der Waals surface area contributed by atoms with Crippen LogP contribution >= 0.6 is 0 Å². The van der Waals surface area contributed by atoms with E-state index in [0.29, 0.717) is 11.5 Å². The van der Waals surface area contributed by atoms with Crippen LogP contribution in [0.4, 0.5) is 0 Å². The largest absolute Gasteiger partial charge is 0.497 e. The number of amides is 1. The zero-order valence-corrected chi connectivity index (χ0v) is 15.3. The molecule has 0 bridgehead atoms. The summed E-state index contributed by atoms with van der Waals surface area (Å²) in [4.78, 5) is 36.3. The van der Waals surface area contributed by atoms with E-state index in [2.05, 4.69) is 20.3 Å². The van der Waals surface area contributed by atoms with Crippen molar-refractivity contribution in [3.63, 3.8) is 0 Å². The number of H-pyrrole nitrogens is 1. The Bertz CT molecular complexity index is 1190. The van der Waals surface area contributed by atoms with Gasteiger partial charge in [-0.1, -0.05) is 0 Å². The molecule has 0 aliphatic rings. The summed E-state index contributed by atoms with van der Waals surface area (Å²) in [6, 6.07) is 7.39. The van der Waals surface area contributed by atoms with Crippen LogP contribution in [0.15, 0.2) is 53.8 Å². The van der Waals surface area contributed by atoms with Crippen LogP contribution in [0.2, 0.25) is 0 Å². The first-order valence-corrected chi connectivity index (χ1v) is 8.56. The molecule has 4 rings (SSSR count). The van der Waals surface area contributed by atoms with Crippen LogP contribution in [0.1, 0.15) is 16.3 Å². The van der Waals surface area contributed by atoms with Gasteiger partial charge in [-0.05, 0) is 24.3 Å². The van der Waals surface area contributed by atoms with E-state index in [1.807, 2.05) is 24.3 Å². The lowest BCUT2D eigenvalue weighted by atomic mass is 10.1. The van der Waals surface area contributed by atoms with E-state index in [9.17, 15) is 9.59 Å². The molecule has 0 aliphatic carbocycles. The number of aromatic amines is 1. The molecular formula is C19H18N6O3. The molecule has 0 aliphatic heterocycles. The second kappa shape index (κ2) is 7.03. The number of nitrogens with one attached hydrogen (secondary N) is 2. The molecule has 0 unspecified atom stereocenters. The zero-order chi connectivity index (χ0) is 19.7. The molecule has 1 aromatic carbocycles. The van der Waals surface area contributed by atoms with E-state index in [4.69, 9.17) is 4.74 Å². The second-order valence-electron chi connectivity index (χ2n) is 6.18. The van der Waals surface area contributed by atoms with Crippen molar-refractivity contribution in [1.29, 1.82) is 0 Å². The average Bonchev–Trinajstić information content (AvgIpc) is 3.39. The summed E-state index contributed by atoms with van der Waals surface area (Å²) in [5.41, 5.74) is 1.59. The SMILES string of the molecule is COc1ccc(-c2cn3cc(C(=O)NCc4ncc[nH]4)nc3c(=O)n2C)cc1. The Hall–Kier alpha value is -3.88. The molecule has 3 heterocycles. The van der Waals surface area contributed by atoms with Crippen molar-refractivity contribution < 1.29 is 9.53 Å². The first-order valence-electron chi connectivity index (χ1n) is 8.56. The summed E-state index contributed by atoms with van der Waals surface area (Å²) < 4.78 is 8.26. The quantitative estimate of drug-likeness (QED) is 0.545. The van der Waals surface area contributed by atoms with Crippen LogP contribution in [0.3, 0.4) is 0 Å². The van der Waals surface area contributed by atoms with Gasteiger partial charge in [0.15, 0.2) is 0 Å². The highest BCUT2D eigenvalue weighted by molar-refractivity contribution is 5.92. The lowest BCUT2D eigenvalue weighted by molar-refractivity contribution is 0.0945. The average molecular weight is 378 g/mol. The van der Waals surface area contributed by atoms with Gasteiger partial charge >= 0.3 is 0 Å². The molecule has 0 atom stereocenters. The van der Waals surface area contributed by atoms with Gasteiger partial charge < -0.3 is 19.6 Å². The van der Waals surface area contributed by atoms with Gasteiger partial charge in [0.1, 0.15) is 17.3 Å². The number of hydrogen-bond donors (Lipinski definition) is 2. The standard InChI is InChI=1S/C19H18N6O3/c1-24-15(12-3-5-13(28-2)6-4-12)11-25-10-14(23-17(25)19(24)27)18(26)22-9-16-20-7-8-21-16/h3-8,10-11H,9H2,1-2H3,(H,20,21)(H,22,26). The van der Waals surface area contributed by atoms with E-state index in [0.717, 1.165) is 11.3 Å². The maximum absolute atomic E-state index is 12.7. The fourth-order valence-corrected chi connectivity index (χ4v) is 2.92. The Labute approximate surface area is 159 Å². The van der Waals surface area contributed by atoms with Gasteiger partial charge in [0.05, 0.1) is 19.3 Å². The van der Waals surface area contributed by atoms with Gasteiger partial charge in [-0.3, -0.25) is 14.0 Å². The number of rotatable bonds is 5. The number of benzene rings is 1. The Morgan fingerprint density at radius 1 is 1.25 bits per heavy atom. The Morgan fingerprint density at radius 2 is 2.04 bits per heavy atom. The van der Waals surface area contributed by atoms with Crippen LogP contribution in [0, 0.1) is 0 Å². The highest BCUT2D eigenvalue weighted by atomic mass is 16.5. The van der Waals surface area contributed by atoms with Crippen molar-refractivity contribution in [2.45, 2.75) is 6.54 Å². The fraction of sp³-hybridized carbons (Fsp3) is 0.158. The summed E-state index contributed by atoms with van der Waals surface area (Å²) in [5, 5.41) is 2.72. The van der Waals surface area contributed by atoms with E-state index in [1.165, 1.54) is 4.57 Å². The van der Waals surface area contributed by atoms with Crippen molar-refractivity contribution in [2.75, 3.05) is 7.11 Å². The van der Waals surface area contributed by atoms with E-state index < -0.39 is 0 Å². The number of imidazole rings is 2. The van der Waals surface area contributed by atoms with Crippen molar-refractivity contribution >= 4 is 11.6 Å². The molecule has 28 heavy (non-hydrogen) atoms. The monoisotopic (exact) mass is 378 g/mol. The van der Waals surface area contributed by atoms with Gasteiger partial charge in [0.25, 0.3) is 11.5 Å². The number of aromatic nitrogens is 5. The fourth-order valence-electron chi connectivity index (χ4n) is 2.92. The van der Waals surface area contributed by atoms with E-state index >= 15 is 0 Å². The van der Waals surface area contributed by atoms with Gasteiger partial charge in [-0.2, -0.15) is 0 Å². The summed E-state index contributed by atoms with van der Waals surface area (Å²) in [6.07, 6.45) is 6.60. The molecular weight excluding hydrogens is 360 g/mol. The lowest BCUT2D eigenvalue weighted by Crippen LogP contribution is -2.24. The molecule has 142 valence electrons. The van der Waals surface area contributed by atoms with E-state index in [1.54, 1.807) is 43.3 Å². The van der Waals surface area contributed by atoms with Gasteiger partial charge in [0, 0.05) is 37.4 Å². The third-order valence-corrected chi connectivity index (χ3v) is 4.44. The molecule has 0 saturated heterocycles. The number of methoxy groups -OCH3 is 1. The minimum absolute atomic E-state index is 0.163. The van der Waals surface area contributed by atoms with Crippen LogP contribution in [-0.2, 0) is 13.6 Å². The second-order valence-corrected chi connectivity index (χ2v) is 6.18. The minimum atomic E-state index is -0.381. The highest BCUT2D eigenvalue weighted by Crippen LogP contribution is 2.21. The van der Waals surface area contributed by atoms with Crippen LogP contribution < -0.4 is 15.6 Å². The molecule has 0 radical (unpaired) electrons. The molecule has 3 aromatic heterocycles. The maximum Gasteiger partial charge on any atom is 0.294 e. The summed E-state index contributed by atoms with van der Waals surface area (Å²) >= 11 is 0. The Balaban J connectivity index is 1.68. The van der Waals surface area contributed by atoms with Gasteiger partial charge in [0.2, 0.25) is 5.65 Å². The molecule has 1 amide bonds. The highest BCUT2D eigenvalue weighted by Gasteiger charge is 2.16. The van der Waals surface area contributed by atoms with Crippen molar-refractivity contribution in [2.24, 2.45) is 7.05 Å². The predicted molar refractivity (Wildman–Crippen MR) is 102 cm³/mol. The van der Waals surface area contributed by atoms with Gasteiger partial charge in [-0.25, -0.2) is 9.97 Å². The third-order valence-electron chi connectivity index (χ3n) is 4.44. The predicted octanol–water partition coefficient (Wildman–Crippen LogP) is 1.36. The number of fused-ring (bicyclic) bond motifs is 1. The number of hydrogen-bond acceptors (Lipinski definition) is 5. The topological polar surface area (TPSA) is 106 Å². The molecule has 0 saturated carbocycles. The molecule has 0 spiro atoms. The first-order chi connectivity index (χ1) is 13.6. The summed E-state index contributed by atoms with van der Waals surface area (Å²) in [6.45, 7) is 0.245. The normalized spacial score (nSPS) is 10.9. The van der Waals surface area contributed by atoms with Crippen LogP contribution in [-0.4, -0.2) is 36.9 Å². The van der Waals surface area contributed by atoms with Crippen LogP contribution in [0.5, 0.6) is 5.75 Å². The van der Waals surface area contributed by atoms with Crippen molar-refractivity contribution in [3.05, 3.63) is 70.9 Å². The number of carbonyl (C=O) groups is 1. The van der Waals surface area contributed by atoms with Gasteiger partial charge in [-0.15, -0.1) is 0 Å². The Morgan fingerprint density at radius 3 is 2.71 bits per heavy atom. The minimum Gasteiger partial charge on any atom is -0.497 e. The lowest BCUT2D eigenvalue weighted by Gasteiger charge is -2.09. The Kier molecular flexibility index (Phi) is 4.40. The zero-order valence-electron chi connectivity index (χ0n) is 15.3. The number of ether oxygens (including phenoxy) is 1. The summed E-state index contributed by atoms with van der Waals surface area (Å²) in [5.74, 6) is 0.982. The molecule has 4 aromatic rings. The molecule has 0 fully saturated rings. The first kappa shape index (κ1) is 17.5. The summed E-state index contributed by atoms with van der Waals surface area (Å²) in [7, 11) is 3.27. The maximum atomic E-state index is 12.7.